The normalized spacial score (nSPS) is 13.5. The van der Waals surface area contributed by atoms with Gasteiger partial charge in [0.25, 0.3) is 5.69 Å². The van der Waals surface area contributed by atoms with Crippen LogP contribution in [0.25, 0.3) is 0 Å². The summed E-state index contributed by atoms with van der Waals surface area (Å²) in [7, 11) is 2.32. The minimum atomic E-state index is -0.842. The van der Waals surface area contributed by atoms with Gasteiger partial charge in [0.05, 0.1) is 24.7 Å². The molecule has 0 amide bonds. The van der Waals surface area contributed by atoms with Crippen molar-refractivity contribution in [3.05, 3.63) is 68.5 Å². The molecule has 0 saturated carbocycles. The van der Waals surface area contributed by atoms with E-state index in [0.717, 1.165) is 7.11 Å². The highest BCUT2D eigenvalue weighted by molar-refractivity contribution is 9.10. The molecule has 0 aromatic heterocycles. The number of nitro groups is 1. The van der Waals surface area contributed by atoms with Crippen LogP contribution >= 0.6 is 15.9 Å². The maximum absolute atomic E-state index is 12.3. The van der Waals surface area contributed by atoms with Crippen LogP contribution in [0.3, 0.4) is 0 Å². The maximum atomic E-state index is 12.3. The number of ether oxygens (including phenoxy) is 2. The molecular formula is C16H13BrN2O6. The van der Waals surface area contributed by atoms with Gasteiger partial charge in [0.15, 0.2) is 0 Å². The second-order valence-electron chi connectivity index (χ2n) is 4.71. The van der Waals surface area contributed by atoms with E-state index in [0.29, 0.717) is 4.47 Å². The van der Waals surface area contributed by atoms with Gasteiger partial charge in [-0.2, -0.15) is 0 Å². The van der Waals surface area contributed by atoms with Crippen LogP contribution in [-0.2, 0) is 19.1 Å². The minimum Gasteiger partial charge on any atom is -0.465 e. The van der Waals surface area contributed by atoms with Gasteiger partial charge in [-0.15, -0.1) is 0 Å². The summed E-state index contributed by atoms with van der Waals surface area (Å²) in [6.07, 6.45) is 5.84. The maximum Gasteiger partial charge on any atom is 0.355 e. The molecular weight excluding hydrogens is 396 g/mol. The van der Waals surface area contributed by atoms with E-state index in [1.165, 1.54) is 54.6 Å². The van der Waals surface area contributed by atoms with Gasteiger partial charge in [-0.25, -0.2) is 9.59 Å². The lowest BCUT2D eigenvalue weighted by molar-refractivity contribution is -0.384. The molecule has 1 heterocycles. The Morgan fingerprint density at radius 1 is 1.16 bits per heavy atom. The van der Waals surface area contributed by atoms with Crippen LogP contribution in [0.4, 0.5) is 11.4 Å². The van der Waals surface area contributed by atoms with Gasteiger partial charge in [0.2, 0.25) is 0 Å². The fourth-order valence-electron chi connectivity index (χ4n) is 2.20. The largest absolute Gasteiger partial charge is 0.465 e. The molecule has 1 aliphatic heterocycles. The Kier molecular flexibility index (Phi) is 5.71. The van der Waals surface area contributed by atoms with Gasteiger partial charge in [-0.05, 0) is 24.3 Å². The highest BCUT2D eigenvalue weighted by Crippen LogP contribution is 2.35. The topological polar surface area (TPSA) is 99.0 Å². The molecule has 0 spiro atoms. The van der Waals surface area contributed by atoms with Gasteiger partial charge in [-0.1, -0.05) is 22.0 Å². The van der Waals surface area contributed by atoms with Crippen LogP contribution in [0.1, 0.15) is 0 Å². The van der Waals surface area contributed by atoms with E-state index in [-0.39, 0.29) is 22.6 Å². The molecule has 1 aromatic carbocycles. The van der Waals surface area contributed by atoms with Crippen LogP contribution in [0.5, 0.6) is 0 Å². The molecule has 1 aromatic rings. The number of allylic oxidation sites excluding steroid dienone is 2. The quantitative estimate of drug-likeness (QED) is 0.428. The molecule has 0 unspecified atom stereocenters. The molecule has 25 heavy (non-hydrogen) atoms. The molecule has 0 atom stereocenters. The van der Waals surface area contributed by atoms with E-state index in [2.05, 4.69) is 15.9 Å². The highest BCUT2D eigenvalue weighted by atomic mass is 79.9. The van der Waals surface area contributed by atoms with E-state index in [4.69, 9.17) is 9.47 Å². The Morgan fingerprint density at radius 3 is 2.44 bits per heavy atom. The lowest BCUT2D eigenvalue weighted by Gasteiger charge is -2.23. The molecule has 1 aliphatic rings. The standard InChI is InChI=1S/C16H13BrN2O6/c1-24-15(20)11-5-3-4-8-18(14(11)16(21)25-2)13-9-10(17)6-7-12(13)19(22)23/h3-9H,1-2H3. The Morgan fingerprint density at radius 2 is 1.84 bits per heavy atom. The average Bonchev–Trinajstić information content (AvgIpc) is 2.82. The van der Waals surface area contributed by atoms with Crippen molar-refractivity contribution in [1.29, 1.82) is 0 Å². The number of rotatable bonds is 4. The molecule has 0 saturated heterocycles. The first kappa shape index (κ1) is 18.4. The first-order valence-electron chi connectivity index (χ1n) is 6.89. The average molecular weight is 409 g/mol. The molecule has 130 valence electrons. The van der Waals surface area contributed by atoms with E-state index < -0.39 is 16.9 Å². The summed E-state index contributed by atoms with van der Waals surface area (Å²) in [4.78, 5) is 36.4. The Hall–Kier alpha value is -2.94. The van der Waals surface area contributed by atoms with Crippen molar-refractivity contribution >= 4 is 39.2 Å². The number of esters is 2. The molecule has 0 radical (unpaired) electrons. The van der Waals surface area contributed by atoms with Gasteiger partial charge in [0, 0.05) is 16.7 Å². The molecule has 2 rings (SSSR count). The molecule has 0 fully saturated rings. The highest BCUT2D eigenvalue weighted by Gasteiger charge is 2.31. The summed E-state index contributed by atoms with van der Waals surface area (Å²) >= 11 is 3.25. The third kappa shape index (κ3) is 3.77. The fraction of sp³-hybridized carbons (Fsp3) is 0.125. The zero-order chi connectivity index (χ0) is 18.6. The zero-order valence-corrected chi connectivity index (χ0v) is 14.8. The van der Waals surface area contributed by atoms with Crippen LogP contribution in [0, 0.1) is 10.1 Å². The minimum absolute atomic E-state index is 0.0844. The summed E-state index contributed by atoms with van der Waals surface area (Å²) in [5, 5.41) is 11.4. The molecule has 0 bridgehead atoms. The summed E-state index contributed by atoms with van der Waals surface area (Å²) < 4.78 is 10.0. The van der Waals surface area contributed by atoms with E-state index in [1.54, 1.807) is 0 Å². The van der Waals surface area contributed by atoms with Gasteiger partial charge in [-0.3, -0.25) is 10.1 Å². The number of anilines is 1. The Balaban J connectivity index is 2.78. The van der Waals surface area contributed by atoms with Gasteiger partial charge >= 0.3 is 11.9 Å². The smallest absolute Gasteiger partial charge is 0.355 e. The molecule has 8 nitrogen and oxygen atoms in total. The SMILES string of the molecule is COC(=O)C1=C(C(=O)OC)N(c2cc(Br)ccc2[N+](=O)[O-])C=CC=C1. The summed E-state index contributed by atoms with van der Waals surface area (Å²) in [6.45, 7) is 0. The van der Waals surface area contributed by atoms with Crippen molar-refractivity contribution in [3.8, 4) is 0 Å². The first-order chi connectivity index (χ1) is 11.9. The summed E-state index contributed by atoms with van der Waals surface area (Å²) in [5.74, 6) is -1.62. The number of nitrogens with zero attached hydrogens (tertiary/aromatic N) is 2. The van der Waals surface area contributed by atoms with Crippen LogP contribution < -0.4 is 4.90 Å². The van der Waals surface area contributed by atoms with Crippen molar-refractivity contribution in [2.24, 2.45) is 0 Å². The second kappa shape index (κ2) is 7.75. The summed E-state index contributed by atoms with van der Waals surface area (Å²) in [5.41, 5.74) is -0.448. The van der Waals surface area contributed by atoms with E-state index in [1.807, 2.05) is 0 Å². The zero-order valence-electron chi connectivity index (χ0n) is 13.3. The van der Waals surface area contributed by atoms with Crippen molar-refractivity contribution in [1.82, 2.24) is 0 Å². The Bertz CT molecular complexity index is 828. The van der Waals surface area contributed by atoms with Crippen LogP contribution in [-0.4, -0.2) is 31.1 Å². The number of hydrogen-bond donors (Lipinski definition) is 0. The monoisotopic (exact) mass is 408 g/mol. The van der Waals surface area contributed by atoms with E-state index in [9.17, 15) is 19.7 Å². The predicted octanol–water partition coefficient (Wildman–Crippen LogP) is 2.85. The van der Waals surface area contributed by atoms with E-state index >= 15 is 0 Å². The van der Waals surface area contributed by atoms with Crippen LogP contribution in [0.2, 0.25) is 0 Å². The number of carbonyl (C=O) groups excluding carboxylic acids is 2. The number of benzene rings is 1. The van der Waals surface area contributed by atoms with Crippen molar-refractivity contribution < 1.29 is 24.0 Å². The Labute approximate surface area is 151 Å². The number of nitro benzene ring substituents is 1. The third-order valence-corrected chi connectivity index (χ3v) is 3.78. The number of methoxy groups -OCH3 is 2. The lowest BCUT2D eigenvalue weighted by Crippen LogP contribution is -2.27. The van der Waals surface area contributed by atoms with Crippen molar-refractivity contribution in [3.63, 3.8) is 0 Å². The fourth-order valence-corrected chi connectivity index (χ4v) is 2.54. The summed E-state index contributed by atoms with van der Waals surface area (Å²) in [6, 6.07) is 4.26. The number of halogens is 1. The van der Waals surface area contributed by atoms with Crippen LogP contribution in [0.15, 0.2) is 58.4 Å². The second-order valence-corrected chi connectivity index (χ2v) is 5.62. The lowest BCUT2D eigenvalue weighted by atomic mass is 10.1. The predicted molar refractivity (Wildman–Crippen MR) is 92.6 cm³/mol. The number of hydrogen-bond acceptors (Lipinski definition) is 7. The van der Waals surface area contributed by atoms with Crippen molar-refractivity contribution in [2.75, 3.05) is 19.1 Å². The van der Waals surface area contributed by atoms with Gasteiger partial charge < -0.3 is 14.4 Å². The third-order valence-electron chi connectivity index (χ3n) is 3.28. The molecule has 9 heteroatoms. The van der Waals surface area contributed by atoms with Gasteiger partial charge in [0.1, 0.15) is 11.4 Å². The molecule has 0 aliphatic carbocycles. The van der Waals surface area contributed by atoms with Crippen molar-refractivity contribution in [2.45, 2.75) is 0 Å². The number of carbonyl (C=O) groups is 2. The first-order valence-corrected chi connectivity index (χ1v) is 7.69. The molecule has 0 N–H and O–H groups in total.